The van der Waals surface area contributed by atoms with Crippen molar-refractivity contribution >= 4 is 5.97 Å². The van der Waals surface area contributed by atoms with Gasteiger partial charge >= 0.3 is 24.8 Å². The normalized spacial score (nSPS) is 11.0. The minimum atomic E-state index is -0.677. The van der Waals surface area contributed by atoms with Gasteiger partial charge in [-0.25, -0.2) is 0 Å². The second-order valence-corrected chi connectivity index (χ2v) is 9.03. The van der Waals surface area contributed by atoms with E-state index in [9.17, 15) is 4.79 Å². The molecule has 0 unspecified atom stereocenters. The van der Waals surface area contributed by atoms with Crippen molar-refractivity contribution in [3.63, 3.8) is 0 Å². The summed E-state index contributed by atoms with van der Waals surface area (Å²) in [4.78, 5) is 13.3. The molecule has 0 heterocycles. The molecular weight excluding hydrogens is 365 g/mol. The third-order valence-electron chi connectivity index (χ3n) is 6.01. The molecule has 30 heavy (non-hydrogen) atoms. The molecule has 0 aromatic heterocycles. The van der Waals surface area contributed by atoms with Crippen LogP contribution in [0.2, 0.25) is 0 Å². The van der Waals surface area contributed by atoms with E-state index in [0.717, 1.165) is 25.9 Å². The van der Waals surface area contributed by atoms with E-state index >= 15 is 0 Å². The Morgan fingerprint density at radius 3 is 1.10 bits per heavy atom. The Morgan fingerprint density at radius 2 is 0.833 bits per heavy atom. The zero-order valence-corrected chi connectivity index (χ0v) is 21.1. The minimum absolute atomic E-state index is 0. The molecule has 0 atom stereocenters. The van der Waals surface area contributed by atoms with Crippen LogP contribution in [-0.2, 0) is 4.79 Å². The summed E-state index contributed by atoms with van der Waals surface area (Å²) in [7, 11) is 0. The van der Waals surface area contributed by atoms with Gasteiger partial charge in [-0.1, -0.05) is 129 Å². The second kappa shape index (κ2) is 27.1. The van der Waals surface area contributed by atoms with Crippen molar-refractivity contribution in [1.29, 1.82) is 0 Å². The summed E-state index contributed by atoms with van der Waals surface area (Å²) in [6.07, 6.45) is 26.7. The van der Waals surface area contributed by atoms with Gasteiger partial charge in [0.2, 0.25) is 0 Å². The first-order valence-corrected chi connectivity index (χ1v) is 13.1. The first-order chi connectivity index (χ1) is 14.2. The fraction of sp³-hybridized carbons (Fsp3) is 0.962. The van der Waals surface area contributed by atoms with Crippen LogP contribution in [0.25, 0.3) is 0 Å². The second-order valence-electron chi connectivity index (χ2n) is 9.03. The van der Waals surface area contributed by atoms with Crippen LogP contribution in [0.1, 0.15) is 144 Å². The quantitative estimate of drug-likeness (QED) is 0.170. The summed E-state index contributed by atoms with van der Waals surface area (Å²) in [6.45, 7) is 6.67. The molecule has 0 amide bonds. The van der Waals surface area contributed by atoms with E-state index in [0.29, 0.717) is 0 Å². The van der Waals surface area contributed by atoms with Crippen molar-refractivity contribution in [3.8, 4) is 0 Å². The Bertz CT molecular complexity index is 321. The topological polar surface area (TPSA) is 40.5 Å². The molecule has 1 N–H and O–H groups in total. The smallest absolute Gasteiger partial charge is 1.00 e. The van der Waals surface area contributed by atoms with Gasteiger partial charge in [0, 0.05) is 0 Å². The van der Waals surface area contributed by atoms with Crippen molar-refractivity contribution in [1.82, 2.24) is 4.90 Å². The van der Waals surface area contributed by atoms with E-state index in [1.165, 1.54) is 116 Å². The molecule has 0 fully saturated rings. The maximum atomic E-state index is 11.1. The van der Waals surface area contributed by atoms with Gasteiger partial charge in [0.15, 0.2) is 0 Å². The van der Waals surface area contributed by atoms with Gasteiger partial charge in [0.1, 0.15) is 0 Å². The first-order valence-electron chi connectivity index (χ1n) is 13.1. The number of carboxylic acids is 1. The standard InChI is InChI=1S/C26H53NO2.Li.H/c1-3-5-7-9-11-13-15-17-19-21-23-27(25-26(28)29)24-22-20-18-16-14-12-10-8-6-4-2;;/h3-25H2,1-2H3,(H,28,29);;/q;+1;-1. The third-order valence-corrected chi connectivity index (χ3v) is 6.01. The zero-order valence-electron chi connectivity index (χ0n) is 22.1. The molecule has 0 aliphatic heterocycles. The SMILES string of the molecule is CCCCCCCCCCCCN(CCCCCCCCCCCC)CC(=O)O.[H-].[Li+]. The van der Waals surface area contributed by atoms with E-state index < -0.39 is 5.97 Å². The van der Waals surface area contributed by atoms with Gasteiger partial charge in [-0.15, -0.1) is 0 Å². The Balaban J connectivity index is -0.00000392. The van der Waals surface area contributed by atoms with Crippen LogP contribution in [0.4, 0.5) is 0 Å². The van der Waals surface area contributed by atoms with Gasteiger partial charge in [0.25, 0.3) is 0 Å². The van der Waals surface area contributed by atoms with Gasteiger partial charge in [0.05, 0.1) is 6.54 Å². The average molecular weight is 420 g/mol. The van der Waals surface area contributed by atoms with Crippen LogP contribution in [0.3, 0.4) is 0 Å². The molecule has 3 nitrogen and oxygen atoms in total. The van der Waals surface area contributed by atoms with Crippen molar-refractivity contribution in [3.05, 3.63) is 0 Å². The molecule has 0 radical (unpaired) electrons. The van der Waals surface area contributed by atoms with Gasteiger partial charge < -0.3 is 6.53 Å². The summed E-state index contributed by atoms with van der Waals surface area (Å²) in [6, 6.07) is 0. The first kappa shape index (κ1) is 32.2. The van der Waals surface area contributed by atoms with Crippen molar-refractivity contribution in [2.75, 3.05) is 19.6 Å². The molecule has 0 spiro atoms. The molecule has 0 saturated heterocycles. The Kier molecular flexibility index (Phi) is 29.1. The van der Waals surface area contributed by atoms with E-state index in [-0.39, 0.29) is 26.8 Å². The number of rotatable bonds is 24. The molecule has 0 bridgehead atoms. The van der Waals surface area contributed by atoms with Crippen LogP contribution in [0.5, 0.6) is 0 Å². The number of nitrogens with zero attached hydrogens (tertiary/aromatic N) is 1. The third kappa shape index (κ3) is 26.1. The number of hydrogen-bond acceptors (Lipinski definition) is 2. The van der Waals surface area contributed by atoms with Crippen LogP contribution in [0.15, 0.2) is 0 Å². The predicted octanol–water partition coefficient (Wildman–Crippen LogP) is 5.33. The summed E-state index contributed by atoms with van der Waals surface area (Å²) >= 11 is 0. The molecular formula is C26H54LiNO2. The zero-order chi connectivity index (χ0) is 21.4. The number of unbranched alkanes of at least 4 members (excludes halogenated alkanes) is 18. The average Bonchev–Trinajstić information content (AvgIpc) is 2.70. The number of carbonyl (C=O) groups is 1. The monoisotopic (exact) mass is 419 g/mol. The molecule has 0 saturated carbocycles. The van der Waals surface area contributed by atoms with E-state index in [4.69, 9.17) is 5.11 Å². The molecule has 0 rings (SSSR count). The van der Waals surface area contributed by atoms with Crippen LogP contribution in [0, 0.1) is 0 Å². The fourth-order valence-electron chi connectivity index (χ4n) is 4.11. The maximum Gasteiger partial charge on any atom is 1.00 e. The molecule has 176 valence electrons. The molecule has 4 heteroatoms. The Morgan fingerprint density at radius 1 is 0.567 bits per heavy atom. The number of hydrogen-bond donors (Lipinski definition) is 1. The Hall–Kier alpha value is 0.0274. The van der Waals surface area contributed by atoms with Crippen molar-refractivity contribution < 1.29 is 30.2 Å². The molecule has 0 aliphatic rings. The molecule has 0 aliphatic carbocycles. The Labute approximate surface area is 202 Å². The van der Waals surface area contributed by atoms with Crippen LogP contribution in [-0.4, -0.2) is 35.6 Å². The summed E-state index contributed by atoms with van der Waals surface area (Å²) in [5.41, 5.74) is 0. The van der Waals surface area contributed by atoms with Gasteiger partial charge in [-0.2, -0.15) is 0 Å². The van der Waals surface area contributed by atoms with E-state index in [2.05, 4.69) is 18.7 Å². The maximum absolute atomic E-state index is 11.1. The molecule has 0 aromatic carbocycles. The largest absolute Gasteiger partial charge is 1.00 e. The van der Waals surface area contributed by atoms with E-state index in [1.807, 2.05) is 0 Å². The van der Waals surface area contributed by atoms with Crippen molar-refractivity contribution in [2.24, 2.45) is 0 Å². The van der Waals surface area contributed by atoms with Crippen LogP contribution < -0.4 is 18.9 Å². The van der Waals surface area contributed by atoms with Crippen molar-refractivity contribution in [2.45, 2.75) is 142 Å². The summed E-state index contributed by atoms with van der Waals surface area (Å²) in [5.74, 6) is -0.677. The van der Waals surface area contributed by atoms with Gasteiger partial charge in [-0.3, -0.25) is 9.69 Å². The number of carboxylic acid groups (broad SMARTS) is 1. The van der Waals surface area contributed by atoms with E-state index in [1.54, 1.807) is 0 Å². The summed E-state index contributed by atoms with van der Waals surface area (Å²) < 4.78 is 0. The fourth-order valence-corrected chi connectivity index (χ4v) is 4.11. The van der Waals surface area contributed by atoms with Crippen LogP contribution >= 0.6 is 0 Å². The summed E-state index contributed by atoms with van der Waals surface area (Å²) in [5, 5.41) is 9.16. The van der Waals surface area contributed by atoms with Gasteiger partial charge in [-0.05, 0) is 25.9 Å². The minimum Gasteiger partial charge on any atom is -1.00 e. The molecule has 0 aromatic rings. The predicted molar refractivity (Wildman–Crippen MR) is 129 cm³/mol. The number of aliphatic carboxylic acids is 1.